The Bertz CT molecular complexity index is 538. The second-order valence-corrected chi connectivity index (χ2v) is 7.06. The highest BCUT2D eigenvalue weighted by Gasteiger charge is 2.38. The van der Waals surface area contributed by atoms with Gasteiger partial charge in [0.1, 0.15) is 5.60 Å². The summed E-state index contributed by atoms with van der Waals surface area (Å²) in [5.41, 5.74) is 6.34. The number of amides is 1. The summed E-state index contributed by atoms with van der Waals surface area (Å²) in [6.07, 6.45) is -1.31. The number of hydrogen-bond donors (Lipinski definition) is 1. The van der Waals surface area contributed by atoms with Gasteiger partial charge in [0.15, 0.2) is 0 Å². The second kappa shape index (κ2) is 6.76. The van der Waals surface area contributed by atoms with E-state index in [4.69, 9.17) is 10.5 Å². The van der Waals surface area contributed by atoms with E-state index >= 15 is 0 Å². The fraction of sp³-hybridized carbons (Fsp3) is 0.688. The van der Waals surface area contributed by atoms with Crippen molar-refractivity contribution in [3.05, 3.63) is 23.8 Å². The van der Waals surface area contributed by atoms with Crippen LogP contribution in [0.4, 0.5) is 18.0 Å². The molecule has 0 aromatic rings. The molecular weight excluding hydrogens is 325 g/mol. The summed E-state index contributed by atoms with van der Waals surface area (Å²) >= 11 is 0. The van der Waals surface area contributed by atoms with Gasteiger partial charge in [0.2, 0.25) is 0 Å². The first-order valence-electron chi connectivity index (χ1n) is 7.81. The highest BCUT2D eigenvalue weighted by atomic mass is 19.4. The Kier molecular flexibility index (Phi) is 5.29. The topological polar surface area (TPSA) is 64.8 Å². The number of halogens is 3. The zero-order valence-corrected chi connectivity index (χ0v) is 14.0. The summed E-state index contributed by atoms with van der Waals surface area (Å²) in [5, 5.41) is 0. The summed E-state index contributed by atoms with van der Waals surface area (Å²) in [4.78, 5) is 13.6. The van der Waals surface area contributed by atoms with Crippen LogP contribution in [-0.4, -0.2) is 48.2 Å². The quantitative estimate of drug-likeness (QED) is 0.833. The number of ether oxygens (including phenoxy) is 2. The van der Waals surface area contributed by atoms with Gasteiger partial charge < -0.3 is 15.4 Å². The number of alkyl halides is 3. The summed E-state index contributed by atoms with van der Waals surface area (Å²) in [6, 6.07) is -0.284. The molecule has 2 rings (SSSR count). The van der Waals surface area contributed by atoms with Gasteiger partial charge in [-0.2, -0.15) is 0 Å². The Balaban J connectivity index is 1.94. The van der Waals surface area contributed by atoms with Crippen molar-refractivity contribution in [3.63, 3.8) is 0 Å². The van der Waals surface area contributed by atoms with Crippen LogP contribution in [0, 0.1) is 5.92 Å². The average molecular weight is 348 g/mol. The lowest BCUT2D eigenvalue weighted by atomic mass is 9.90. The molecule has 24 heavy (non-hydrogen) atoms. The first-order chi connectivity index (χ1) is 10.9. The van der Waals surface area contributed by atoms with E-state index in [2.05, 4.69) is 4.74 Å². The van der Waals surface area contributed by atoms with Gasteiger partial charge in [-0.3, -0.25) is 4.74 Å². The van der Waals surface area contributed by atoms with Crippen molar-refractivity contribution >= 4 is 6.09 Å². The minimum atomic E-state index is -4.66. The van der Waals surface area contributed by atoms with Crippen LogP contribution in [0.2, 0.25) is 0 Å². The highest BCUT2D eigenvalue weighted by Crippen LogP contribution is 2.30. The van der Waals surface area contributed by atoms with Crippen LogP contribution in [0.15, 0.2) is 23.8 Å². The lowest BCUT2D eigenvalue weighted by Crippen LogP contribution is -2.36. The predicted molar refractivity (Wildman–Crippen MR) is 82.0 cm³/mol. The van der Waals surface area contributed by atoms with E-state index in [9.17, 15) is 18.0 Å². The Labute approximate surface area is 139 Å². The van der Waals surface area contributed by atoms with Crippen LogP contribution in [0.25, 0.3) is 0 Å². The van der Waals surface area contributed by atoms with E-state index in [-0.39, 0.29) is 18.4 Å². The van der Waals surface area contributed by atoms with Crippen molar-refractivity contribution in [2.45, 2.75) is 51.3 Å². The summed E-state index contributed by atoms with van der Waals surface area (Å²) in [5.74, 6) is -0.124. The Morgan fingerprint density at radius 3 is 2.46 bits per heavy atom. The van der Waals surface area contributed by atoms with E-state index in [1.807, 2.05) is 0 Å². The van der Waals surface area contributed by atoms with E-state index in [1.54, 1.807) is 32.9 Å². The first kappa shape index (κ1) is 18.8. The maximum Gasteiger partial charge on any atom is 0.523 e. The standard InChI is InChI=1S/C16H23F3N2O3/c1-15(2,3)24-14(22)21-8-12(13(20)9-21)10-4-6-11(7-5-10)23-16(17,18)19/h4-6,11-13H,7-9,20H2,1-3H3/t11?,12-,13+/m1/s1. The third-order valence-corrected chi connectivity index (χ3v) is 3.82. The SMILES string of the molecule is CC(C)(C)OC(=O)N1C[C@H](C2=CCC(OC(F)(F)F)C=C2)[C@@H](N)C1. The molecule has 0 bridgehead atoms. The van der Waals surface area contributed by atoms with Crippen molar-refractivity contribution in [2.75, 3.05) is 13.1 Å². The lowest BCUT2D eigenvalue weighted by molar-refractivity contribution is -0.336. The van der Waals surface area contributed by atoms with Crippen LogP contribution in [-0.2, 0) is 9.47 Å². The van der Waals surface area contributed by atoms with Crippen LogP contribution in [0.1, 0.15) is 27.2 Å². The molecule has 1 unspecified atom stereocenters. The number of rotatable bonds is 2. The predicted octanol–water partition coefficient (Wildman–Crippen LogP) is 2.97. The molecule has 0 aromatic heterocycles. The Morgan fingerprint density at radius 1 is 1.29 bits per heavy atom. The van der Waals surface area contributed by atoms with Crippen LogP contribution in [0.5, 0.6) is 0 Å². The molecule has 1 aliphatic carbocycles. The van der Waals surface area contributed by atoms with Crippen molar-refractivity contribution in [1.82, 2.24) is 4.90 Å². The average Bonchev–Trinajstić information content (AvgIpc) is 2.78. The number of hydrogen-bond acceptors (Lipinski definition) is 4. The summed E-state index contributed by atoms with van der Waals surface area (Å²) in [7, 11) is 0. The van der Waals surface area contributed by atoms with E-state index in [1.165, 1.54) is 11.0 Å². The molecule has 136 valence electrons. The molecule has 3 atom stereocenters. The first-order valence-corrected chi connectivity index (χ1v) is 7.81. The van der Waals surface area contributed by atoms with Gasteiger partial charge in [0.25, 0.3) is 0 Å². The molecule has 2 N–H and O–H groups in total. The molecule has 1 saturated heterocycles. The van der Waals surface area contributed by atoms with E-state index < -0.39 is 24.2 Å². The molecule has 2 aliphatic rings. The van der Waals surface area contributed by atoms with Gasteiger partial charge in [-0.25, -0.2) is 4.79 Å². The molecule has 1 fully saturated rings. The summed E-state index contributed by atoms with van der Waals surface area (Å²) < 4.78 is 46.0. The zero-order chi connectivity index (χ0) is 18.1. The monoisotopic (exact) mass is 348 g/mol. The molecular formula is C16H23F3N2O3. The third-order valence-electron chi connectivity index (χ3n) is 3.82. The second-order valence-electron chi connectivity index (χ2n) is 7.06. The van der Waals surface area contributed by atoms with E-state index in [0.717, 1.165) is 5.57 Å². The number of allylic oxidation sites excluding steroid dienone is 1. The fourth-order valence-electron chi connectivity index (χ4n) is 2.81. The largest absolute Gasteiger partial charge is 0.523 e. The van der Waals surface area contributed by atoms with Crippen molar-refractivity contribution < 1.29 is 27.4 Å². The van der Waals surface area contributed by atoms with Crippen LogP contribution in [0.3, 0.4) is 0 Å². The normalized spacial score (nSPS) is 28.0. The Hall–Kier alpha value is -1.54. The minimum Gasteiger partial charge on any atom is -0.444 e. The molecule has 1 heterocycles. The molecule has 0 saturated carbocycles. The van der Waals surface area contributed by atoms with Gasteiger partial charge in [0.05, 0.1) is 6.10 Å². The molecule has 0 radical (unpaired) electrons. The fourth-order valence-corrected chi connectivity index (χ4v) is 2.81. The van der Waals surface area contributed by atoms with E-state index in [0.29, 0.717) is 13.1 Å². The van der Waals surface area contributed by atoms with Crippen molar-refractivity contribution in [3.8, 4) is 0 Å². The molecule has 0 aromatic carbocycles. The third kappa shape index (κ3) is 5.24. The van der Waals surface area contributed by atoms with Crippen molar-refractivity contribution in [1.29, 1.82) is 0 Å². The van der Waals surface area contributed by atoms with Gasteiger partial charge in [0, 0.05) is 25.0 Å². The number of likely N-dealkylation sites (tertiary alicyclic amines) is 1. The number of carbonyl (C=O) groups is 1. The highest BCUT2D eigenvalue weighted by molar-refractivity contribution is 5.69. The maximum absolute atomic E-state index is 12.2. The summed E-state index contributed by atoms with van der Waals surface area (Å²) in [6.45, 7) is 6.09. The molecule has 8 heteroatoms. The smallest absolute Gasteiger partial charge is 0.444 e. The number of nitrogens with two attached hydrogens (primary N) is 1. The van der Waals surface area contributed by atoms with Crippen molar-refractivity contribution in [2.24, 2.45) is 11.7 Å². The zero-order valence-electron chi connectivity index (χ0n) is 14.0. The number of nitrogens with zero attached hydrogens (tertiary/aromatic N) is 1. The number of carbonyl (C=O) groups excluding carboxylic acids is 1. The van der Waals surface area contributed by atoms with Crippen LogP contribution >= 0.6 is 0 Å². The molecule has 0 spiro atoms. The van der Waals surface area contributed by atoms with Gasteiger partial charge in [-0.05, 0) is 32.8 Å². The molecule has 1 amide bonds. The maximum atomic E-state index is 12.2. The lowest BCUT2D eigenvalue weighted by Gasteiger charge is -2.25. The molecule has 5 nitrogen and oxygen atoms in total. The van der Waals surface area contributed by atoms with Gasteiger partial charge in [-0.1, -0.05) is 18.2 Å². The van der Waals surface area contributed by atoms with Gasteiger partial charge in [-0.15, -0.1) is 13.2 Å². The minimum absolute atomic E-state index is 0.124. The van der Waals surface area contributed by atoms with Gasteiger partial charge >= 0.3 is 12.5 Å². The Morgan fingerprint density at radius 2 is 1.96 bits per heavy atom. The molecule has 1 aliphatic heterocycles. The van der Waals surface area contributed by atoms with Crippen LogP contribution < -0.4 is 5.73 Å².